The molecule has 0 aliphatic carbocycles. The molecule has 0 saturated heterocycles. The van der Waals surface area contributed by atoms with E-state index in [4.69, 9.17) is 0 Å². The highest BCUT2D eigenvalue weighted by atomic mass is 127. The van der Waals surface area contributed by atoms with Gasteiger partial charge in [0.25, 0.3) is 0 Å². The second kappa shape index (κ2) is 4.33. The minimum absolute atomic E-state index is 1.13. The van der Waals surface area contributed by atoms with E-state index in [2.05, 4.69) is 77.0 Å². The van der Waals surface area contributed by atoms with E-state index in [1.165, 1.54) is 26.1 Å². The third-order valence-electron chi connectivity index (χ3n) is 3.42. The van der Waals surface area contributed by atoms with Crippen molar-refractivity contribution in [2.45, 2.75) is 12.8 Å². The van der Waals surface area contributed by atoms with E-state index in [0.717, 1.165) is 12.8 Å². The van der Waals surface area contributed by atoms with Crippen molar-refractivity contribution in [1.82, 2.24) is 0 Å². The number of aryl methyl sites for hydroxylation is 2. The van der Waals surface area contributed by atoms with E-state index >= 15 is 0 Å². The van der Waals surface area contributed by atoms with E-state index in [1.807, 2.05) is 0 Å². The van der Waals surface area contributed by atoms with Crippen molar-refractivity contribution >= 4 is 34.0 Å². The van der Waals surface area contributed by atoms with Gasteiger partial charge in [-0.25, -0.2) is 0 Å². The molecule has 2 aromatic rings. The van der Waals surface area contributed by atoms with Crippen LogP contribution in [0.2, 0.25) is 0 Å². The van der Waals surface area contributed by atoms with Crippen molar-refractivity contribution in [3.8, 4) is 0 Å². The van der Waals surface area contributed by atoms with E-state index in [0.29, 0.717) is 0 Å². The molecule has 86 valence electrons. The molecule has 0 atom stereocenters. The molecule has 0 amide bonds. The van der Waals surface area contributed by atoms with Crippen LogP contribution >= 0.6 is 22.6 Å². The molecule has 0 N–H and O–H groups in total. The Hall–Kier alpha value is -1.03. The molecule has 0 spiro atoms. The molecule has 0 bridgehead atoms. The van der Waals surface area contributed by atoms with Gasteiger partial charge in [-0.1, -0.05) is 18.2 Å². The molecule has 0 radical (unpaired) electrons. The molecule has 1 aliphatic rings. The predicted octanol–water partition coefficient (Wildman–Crippen LogP) is 4.16. The van der Waals surface area contributed by atoms with Gasteiger partial charge in [-0.3, -0.25) is 0 Å². The zero-order valence-corrected chi connectivity index (χ0v) is 11.9. The van der Waals surface area contributed by atoms with Crippen LogP contribution in [0.15, 0.2) is 42.5 Å². The van der Waals surface area contributed by atoms with Gasteiger partial charge in [0.15, 0.2) is 0 Å². The summed E-state index contributed by atoms with van der Waals surface area (Å²) >= 11 is 2.39. The van der Waals surface area contributed by atoms with Crippen LogP contribution in [0.5, 0.6) is 0 Å². The highest BCUT2D eigenvalue weighted by Gasteiger charge is 2.16. The van der Waals surface area contributed by atoms with Crippen LogP contribution in [0, 0.1) is 3.57 Å². The van der Waals surface area contributed by atoms with Crippen LogP contribution in [0.25, 0.3) is 0 Å². The summed E-state index contributed by atoms with van der Waals surface area (Å²) < 4.78 is 1.32. The topological polar surface area (TPSA) is 3.24 Å². The lowest BCUT2D eigenvalue weighted by atomic mass is 10.0. The highest BCUT2D eigenvalue weighted by molar-refractivity contribution is 14.1. The maximum Gasteiger partial charge on any atom is 0.0441 e. The lowest BCUT2D eigenvalue weighted by molar-refractivity contribution is 0.976. The number of halogens is 1. The first-order valence-electron chi connectivity index (χ1n) is 5.86. The first kappa shape index (κ1) is 11.1. The molecular formula is C15H14IN. The second-order valence-corrected chi connectivity index (χ2v) is 5.71. The van der Waals surface area contributed by atoms with Crippen LogP contribution in [0.1, 0.15) is 11.1 Å². The lowest BCUT2D eigenvalue weighted by Crippen LogP contribution is -2.11. The molecule has 0 fully saturated rings. The molecular weight excluding hydrogens is 321 g/mol. The Morgan fingerprint density at radius 3 is 2.53 bits per heavy atom. The van der Waals surface area contributed by atoms with Crippen LogP contribution in [-0.4, -0.2) is 7.05 Å². The standard InChI is InChI=1S/C15H14IN/c1-17-14-5-3-2-4-11(14)6-7-12-10-13(16)8-9-15(12)17/h2-5,8-10H,6-7H2,1H3. The average Bonchev–Trinajstić information content (AvgIpc) is 2.48. The fraction of sp³-hybridized carbons (Fsp3) is 0.200. The third-order valence-corrected chi connectivity index (χ3v) is 4.09. The number of hydrogen-bond acceptors (Lipinski definition) is 1. The van der Waals surface area contributed by atoms with E-state index in [-0.39, 0.29) is 0 Å². The summed E-state index contributed by atoms with van der Waals surface area (Å²) in [5, 5.41) is 0. The summed E-state index contributed by atoms with van der Waals surface area (Å²) in [5.41, 5.74) is 5.58. The molecule has 1 heterocycles. The Morgan fingerprint density at radius 2 is 1.65 bits per heavy atom. The summed E-state index contributed by atoms with van der Waals surface area (Å²) in [4.78, 5) is 2.31. The first-order chi connectivity index (χ1) is 8.25. The summed E-state index contributed by atoms with van der Waals surface area (Å²) in [5.74, 6) is 0. The minimum Gasteiger partial charge on any atom is -0.344 e. The van der Waals surface area contributed by atoms with Crippen molar-refractivity contribution in [1.29, 1.82) is 0 Å². The largest absolute Gasteiger partial charge is 0.344 e. The molecule has 2 aromatic carbocycles. The maximum atomic E-state index is 2.39. The zero-order chi connectivity index (χ0) is 11.8. The lowest BCUT2D eigenvalue weighted by Gasteiger charge is -2.21. The van der Waals surface area contributed by atoms with Gasteiger partial charge >= 0.3 is 0 Å². The highest BCUT2D eigenvalue weighted by Crippen LogP contribution is 2.35. The Bertz CT molecular complexity index is 563. The van der Waals surface area contributed by atoms with Crippen LogP contribution in [-0.2, 0) is 12.8 Å². The van der Waals surface area contributed by atoms with E-state index in [1.54, 1.807) is 0 Å². The minimum atomic E-state index is 1.13. The Morgan fingerprint density at radius 1 is 0.941 bits per heavy atom. The summed E-state index contributed by atoms with van der Waals surface area (Å²) in [6.45, 7) is 0. The van der Waals surface area contributed by atoms with E-state index in [9.17, 15) is 0 Å². The molecule has 17 heavy (non-hydrogen) atoms. The summed E-state index contributed by atoms with van der Waals surface area (Å²) in [6, 6.07) is 15.4. The number of para-hydroxylation sites is 1. The number of benzene rings is 2. The maximum absolute atomic E-state index is 2.39. The molecule has 0 saturated carbocycles. The number of hydrogen-bond donors (Lipinski definition) is 0. The van der Waals surface area contributed by atoms with Gasteiger partial charge in [-0.2, -0.15) is 0 Å². The Labute approximate surface area is 116 Å². The van der Waals surface area contributed by atoms with Crippen LogP contribution in [0.4, 0.5) is 11.4 Å². The van der Waals surface area contributed by atoms with E-state index < -0.39 is 0 Å². The van der Waals surface area contributed by atoms with Crippen molar-refractivity contribution in [3.63, 3.8) is 0 Å². The van der Waals surface area contributed by atoms with Gasteiger partial charge in [0.1, 0.15) is 0 Å². The smallest absolute Gasteiger partial charge is 0.0441 e. The van der Waals surface area contributed by atoms with Gasteiger partial charge in [0, 0.05) is 22.0 Å². The third kappa shape index (κ3) is 1.95. The van der Waals surface area contributed by atoms with Gasteiger partial charge in [0.05, 0.1) is 0 Å². The SMILES string of the molecule is CN1c2ccccc2CCc2cc(I)ccc21. The molecule has 0 unspecified atom stereocenters. The molecule has 1 nitrogen and oxygen atoms in total. The summed E-state index contributed by atoms with van der Waals surface area (Å²) in [7, 11) is 2.16. The second-order valence-electron chi connectivity index (χ2n) is 4.46. The average molecular weight is 335 g/mol. The molecule has 3 rings (SSSR count). The van der Waals surface area contributed by atoms with Crippen LogP contribution < -0.4 is 4.90 Å². The predicted molar refractivity (Wildman–Crippen MR) is 81.1 cm³/mol. The fourth-order valence-electron chi connectivity index (χ4n) is 2.53. The van der Waals surface area contributed by atoms with Crippen molar-refractivity contribution < 1.29 is 0 Å². The van der Waals surface area contributed by atoms with Crippen molar-refractivity contribution in [2.75, 3.05) is 11.9 Å². The Kier molecular flexibility index (Phi) is 2.82. The van der Waals surface area contributed by atoms with Crippen molar-refractivity contribution in [3.05, 3.63) is 57.2 Å². The van der Waals surface area contributed by atoms with Gasteiger partial charge in [0.2, 0.25) is 0 Å². The number of nitrogens with zero attached hydrogens (tertiary/aromatic N) is 1. The molecule has 0 aromatic heterocycles. The number of rotatable bonds is 0. The number of fused-ring (bicyclic) bond motifs is 2. The van der Waals surface area contributed by atoms with Crippen LogP contribution in [0.3, 0.4) is 0 Å². The Balaban J connectivity index is 2.16. The van der Waals surface area contributed by atoms with Gasteiger partial charge < -0.3 is 4.90 Å². The van der Waals surface area contributed by atoms with Crippen molar-refractivity contribution in [2.24, 2.45) is 0 Å². The first-order valence-corrected chi connectivity index (χ1v) is 6.93. The monoisotopic (exact) mass is 335 g/mol. The molecule has 1 aliphatic heterocycles. The zero-order valence-electron chi connectivity index (χ0n) is 9.78. The van der Waals surface area contributed by atoms with Gasteiger partial charge in [-0.05, 0) is 70.8 Å². The van der Waals surface area contributed by atoms with Gasteiger partial charge in [-0.15, -0.1) is 0 Å². The quantitative estimate of drug-likeness (QED) is 0.654. The fourth-order valence-corrected chi connectivity index (χ4v) is 3.09. The molecule has 2 heteroatoms. The summed E-state index contributed by atoms with van der Waals surface area (Å²) in [6.07, 6.45) is 2.27. The number of anilines is 2. The normalized spacial score (nSPS) is 13.9.